The number of nitrogens with zero attached hydrogens (tertiary/aromatic N) is 1. The Balaban J connectivity index is 1.46. The van der Waals surface area contributed by atoms with Gasteiger partial charge in [0.1, 0.15) is 0 Å². The summed E-state index contributed by atoms with van der Waals surface area (Å²) in [6.45, 7) is 0.893. The molecule has 3 aromatic rings. The molecule has 3 aromatic carbocycles. The van der Waals surface area contributed by atoms with Gasteiger partial charge in [0.25, 0.3) is 17.7 Å². The standard InChI is InChI=1S/C25H17F3N2O5/c1-14-6-2-5-9-20(14)30-22(32)16-11-10-15(12-17(16)23(30)33)24(34)35-13-21(31)29-19-8-4-3-7-18(19)25(26,27)28/h2-12H,13H2,1H3,(H,29,31). The summed E-state index contributed by atoms with van der Waals surface area (Å²) in [5, 5.41) is 2.07. The molecule has 0 radical (unpaired) electrons. The molecule has 1 heterocycles. The van der Waals surface area contributed by atoms with Crippen molar-refractivity contribution in [3.63, 3.8) is 0 Å². The number of benzene rings is 3. The zero-order valence-electron chi connectivity index (χ0n) is 18.2. The van der Waals surface area contributed by atoms with Gasteiger partial charge >= 0.3 is 12.1 Å². The molecule has 1 N–H and O–H groups in total. The molecule has 0 aliphatic carbocycles. The number of imide groups is 1. The van der Waals surface area contributed by atoms with E-state index < -0.39 is 47.7 Å². The fourth-order valence-corrected chi connectivity index (χ4v) is 3.64. The third-order valence-corrected chi connectivity index (χ3v) is 5.32. The van der Waals surface area contributed by atoms with Gasteiger partial charge in [-0.3, -0.25) is 14.4 Å². The van der Waals surface area contributed by atoms with Gasteiger partial charge in [0.15, 0.2) is 6.61 Å². The maximum Gasteiger partial charge on any atom is 0.418 e. The van der Waals surface area contributed by atoms with E-state index in [9.17, 15) is 32.3 Å². The van der Waals surface area contributed by atoms with E-state index in [1.807, 2.05) is 0 Å². The van der Waals surface area contributed by atoms with Crippen molar-refractivity contribution < 1.29 is 37.1 Å². The highest BCUT2D eigenvalue weighted by atomic mass is 19.4. The number of halogens is 3. The number of alkyl halides is 3. The van der Waals surface area contributed by atoms with Crippen molar-refractivity contribution in [2.45, 2.75) is 13.1 Å². The van der Waals surface area contributed by atoms with Gasteiger partial charge in [0.05, 0.1) is 33.6 Å². The molecule has 0 unspecified atom stereocenters. The second-order valence-electron chi connectivity index (χ2n) is 7.66. The Hall–Kier alpha value is -4.47. The number of hydrogen-bond acceptors (Lipinski definition) is 5. The van der Waals surface area contributed by atoms with Gasteiger partial charge in [-0.15, -0.1) is 0 Å². The Morgan fingerprint density at radius 3 is 2.29 bits per heavy atom. The fraction of sp³-hybridized carbons (Fsp3) is 0.120. The highest BCUT2D eigenvalue weighted by Gasteiger charge is 2.38. The van der Waals surface area contributed by atoms with Crippen molar-refractivity contribution in [2.75, 3.05) is 16.8 Å². The summed E-state index contributed by atoms with van der Waals surface area (Å²) in [5.41, 5.74) is -0.385. The van der Waals surface area contributed by atoms with Crippen LogP contribution in [-0.4, -0.2) is 30.3 Å². The van der Waals surface area contributed by atoms with E-state index in [1.165, 1.54) is 30.3 Å². The molecule has 0 spiro atoms. The number of aryl methyl sites for hydroxylation is 1. The van der Waals surface area contributed by atoms with E-state index in [2.05, 4.69) is 5.32 Å². The van der Waals surface area contributed by atoms with Crippen LogP contribution in [0.15, 0.2) is 66.7 Å². The number of nitrogens with one attached hydrogen (secondary N) is 1. The van der Waals surface area contributed by atoms with Gasteiger partial charge in [0, 0.05) is 0 Å². The van der Waals surface area contributed by atoms with Crippen LogP contribution in [0.1, 0.15) is 42.2 Å². The molecule has 0 saturated heterocycles. The highest BCUT2D eigenvalue weighted by Crippen LogP contribution is 2.34. The number of esters is 1. The minimum Gasteiger partial charge on any atom is -0.452 e. The lowest BCUT2D eigenvalue weighted by Gasteiger charge is -2.16. The van der Waals surface area contributed by atoms with Gasteiger partial charge < -0.3 is 10.1 Å². The van der Waals surface area contributed by atoms with Crippen LogP contribution in [0.2, 0.25) is 0 Å². The second kappa shape index (κ2) is 9.05. The summed E-state index contributed by atoms with van der Waals surface area (Å²) >= 11 is 0. The predicted molar refractivity (Wildman–Crippen MR) is 119 cm³/mol. The quantitative estimate of drug-likeness (QED) is 0.424. The summed E-state index contributed by atoms with van der Waals surface area (Å²) in [5.74, 6) is -3.12. The van der Waals surface area contributed by atoms with E-state index in [4.69, 9.17) is 4.74 Å². The number of amides is 3. The summed E-state index contributed by atoms with van der Waals surface area (Å²) < 4.78 is 44.1. The molecule has 1 aliphatic rings. The summed E-state index contributed by atoms with van der Waals surface area (Å²) in [4.78, 5) is 51.2. The van der Waals surface area contributed by atoms with E-state index in [1.54, 1.807) is 31.2 Å². The minimum atomic E-state index is -4.68. The third kappa shape index (κ3) is 4.63. The number of rotatable bonds is 5. The largest absolute Gasteiger partial charge is 0.452 e. The van der Waals surface area contributed by atoms with Crippen molar-refractivity contribution in [1.29, 1.82) is 0 Å². The molecular weight excluding hydrogens is 465 g/mol. The molecule has 7 nitrogen and oxygen atoms in total. The van der Waals surface area contributed by atoms with Crippen LogP contribution in [0, 0.1) is 6.92 Å². The number of para-hydroxylation sites is 2. The Kier molecular flexibility index (Phi) is 6.12. The number of anilines is 2. The van der Waals surface area contributed by atoms with Crippen molar-refractivity contribution >= 4 is 35.1 Å². The number of ether oxygens (including phenoxy) is 1. The van der Waals surface area contributed by atoms with Crippen LogP contribution >= 0.6 is 0 Å². The minimum absolute atomic E-state index is 0.00346. The van der Waals surface area contributed by atoms with Crippen LogP contribution in [0.5, 0.6) is 0 Å². The zero-order chi connectivity index (χ0) is 25.3. The SMILES string of the molecule is Cc1ccccc1N1C(=O)c2ccc(C(=O)OCC(=O)Nc3ccccc3C(F)(F)F)cc2C1=O. The Labute approximate surface area is 197 Å². The number of carbonyl (C=O) groups is 4. The number of carbonyl (C=O) groups excluding carboxylic acids is 4. The first-order chi connectivity index (χ1) is 16.6. The average molecular weight is 482 g/mol. The van der Waals surface area contributed by atoms with Crippen molar-refractivity contribution in [1.82, 2.24) is 0 Å². The first kappa shape index (κ1) is 23.7. The lowest BCUT2D eigenvalue weighted by molar-refractivity contribution is -0.137. The molecular formula is C25H17F3N2O5. The molecule has 4 rings (SSSR count). The van der Waals surface area contributed by atoms with Crippen LogP contribution in [0.4, 0.5) is 24.5 Å². The lowest BCUT2D eigenvalue weighted by atomic mass is 10.1. The Bertz CT molecular complexity index is 1370. The maximum atomic E-state index is 13.1. The third-order valence-electron chi connectivity index (χ3n) is 5.32. The molecule has 1 aliphatic heterocycles. The molecule has 3 amide bonds. The second-order valence-corrected chi connectivity index (χ2v) is 7.66. The fourth-order valence-electron chi connectivity index (χ4n) is 3.64. The first-order valence-corrected chi connectivity index (χ1v) is 10.3. The molecule has 0 saturated carbocycles. The van der Waals surface area contributed by atoms with Crippen LogP contribution in [-0.2, 0) is 15.7 Å². The summed E-state index contributed by atoms with van der Waals surface area (Å²) in [6.07, 6.45) is -4.68. The van der Waals surface area contributed by atoms with Crippen molar-refractivity contribution in [3.05, 3.63) is 94.5 Å². The van der Waals surface area contributed by atoms with E-state index >= 15 is 0 Å². The van der Waals surface area contributed by atoms with Gasteiger partial charge in [-0.1, -0.05) is 30.3 Å². The van der Waals surface area contributed by atoms with E-state index in [0.717, 1.165) is 17.0 Å². The average Bonchev–Trinajstić information content (AvgIpc) is 3.07. The van der Waals surface area contributed by atoms with Crippen LogP contribution in [0.25, 0.3) is 0 Å². The highest BCUT2D eigenvalue weighted by molar-refractivity contribution is 6.35. The molecule has 178 valence electrons. The van der Waals surface area contributed by atoms with Crippen molar-refractivity contribution in [3.8, 4) is 0 Å². The van der Waals surface area contributed by atoms with Gasteiger partial charge in [-0.25, -0.2) is 9.69 Å². The molecule has 0 atom stereocenters. The Morgan fingerprint density at radius 2 is 1.57 bits per heavy atom. The molecule has 0 bridgehead atoms. The normalized spacial score (nSPS) is 13.0. The Morgan fingerprint density at radius 1 is 0.914 bits per heavy atom. The molecule has 0 fully saturated rings. The van der Waals surface area contributed by atoms with Crippen LogP contribution in [0.3, 0.4) is 0 Å². The molecule has 0 aromatic heterocycles. The molecule has 35 heavy (non-hydrogen) atoms. The van der Waals surface area contributed by atoms with Gasteiger partial charge in [-0.05, 0) is 48.9 Å². The van der Waals surface area contributed by atoms with Crippen LogP contribution < -0.4 is 10.2 Å². The predicted octanol–water partition coefficient (Wildman–Crippen LogP) is 4.61. The topological polar surface area (TPSA) is 92.8 Å². The smallest absolute Gasteiger partial charge is 0.418 e. The number of fused-ring (bicyclic) bond motifs is 1. The van der Waals surface area contributed by atoms with E-state index in [0.29, 0.717) is 11.3 Å². The lowest BCUT2D eigenvalue weighted by Crippen LogP contribution is -2.29. The number of hydrogen-bond donors (Lipinski definition) is 1. The van der Waals surface area contributed by atoms with E-state index in [-0.39, 0.29) is 16.7 Å². The summed E-state index contributed by atoms with van der Waals surface area (Å²) in [7, 11) is 0. The van der Waals surface area contributed by atoms with Gasteiger partial charge in [-0.2, -0.15) is 13.2 Å². The summed E-state index contributed by atoms with van der Waals surface area (Å²) in [6, 6.07) is 15.0. The first-order valence-electron chi connectivity index (χ1n) is 10.3. The maximum absolute atomic E-state index is 13.1. The monoisotopic (exact) mass is 482 g/mol. The molecule has 10 heteroatoms. The van der Waals surface area contributed by atoms with Crippen molar-refractivity contribution in [2.24, 2.45) is 0 Å². The zero-order valence-corrected chi connectivity index (χ0v) is 18.2. The van der Waals surface area contributed by atoms with Gasteiger partial charge in [0.2, 0.25) is 0 Å².